The number of amides is 2. The quantitative estimate of drug-likeness (QED) is 0.420. The van der Waals surface area contributed by atoms with Crippen LogP contribution in [0.2, 0.25) is 0 Å². The summed E-state index contributed by atoms with van der Waals surface area (Å²) in [6.45, 7) is 7.03. The minimum Gasteiger partial charge on any atom is -0.444 e. The van der Waals surface area contributed by atoms with Gasteiger partial charge in [0.05, 0.1) is 12.7 Å². The third-order valence-electron chi connectivity index (χ3n) is 7.27. The summed E-state index contributed by atoms with van der Waals surface area (Å²) in [5.74, 6) is -0.623. The fraction of sp³-hybridized carbons (Fsp3) is 0.533. The number of hydrogen-bond donors (Lipinski definition) is 2. The first-order valence-electron chi connectivity index (χ1n) is 13.7. The zero-order chi connectivity index (χ0) is 29.0. The molecule has 40 heavy (non-hydrogen) atoms. The molecule has 0 radical (unpaired) electrons. The van der Waals surface area contributed by atoms with Crippen molar-refractivity contribution in [2.45, 2.75) is 63.3 Å². The molecule has 0 bridgehead atoms. The van der Waals surface area contributed by atoms with Crippen LogP contribution < -0.4 is 10.6 Å². The van der Waals surface area contributed by atoms with Crippen molar-refractivity contribution in [3.05, 3.63) is 59.7 Å². The molecule has 2 aromatic carbocycles. The van der Waals surface area contributed by atoms with E-state index in [1.807, 2.05) is 48.5 Å². The first-order chi connectivity index (χ1) is 18.9. The molecule has 218 valence electrons. The summed E-state index contributed by atoms with van der Waals surface area (Å²) in [5, 5.41) is 4.94. The summed E-state index contributed by atoms with van der Waals surface area (Å²) >= 11 is 0. The van der Waals surface area contributed by atoms with Crippen molar-refractivity contribution in [1.82, 2.24) is 15.5 Å². The maximum Gasteiger partial charge on any atom is 0.407 e. The summed E-state index contributed by atoms with van der Waals surface area (Å²) in [5.41, 5.74) is 1.49. The Bertz CT molecular complexity index is 1150. The van der Waals surface area contributed by atoms with Gasteiger partial charge in [-0.1, -0.05) is 55.0 Å². The van der Waals surface area contributed by atoms with Gasteiger partial charge in [-0.3, -0.25) is 9.69 Å². The number of alkyl halides is 3. The zero-order valence-electron chi connectivity index (χ0n) is 23.3. The maximum atomic E-state index is 13.6. The van der Waals surface area contributed by atoms with Gasteiger partial charge in [0.15, 0.2) is 0 Å². The first kappa shape index (κ1) is 29.9. The van der Waals surface area contributed by atoms with Gasteiger partial charge in [-0.25, -0.2) is 4.79 Å². The predicted molar refractivity (Wildman–Crippen MR) is 146 cm³/mol. The molecule has 1 atom stereocenters. The van der Waals surface area contributed by atoms with Crippen molar-refractivity contribution in [2.75, 3.05) is 39.3 Å². The number of morpholine rings is 1. The topological polar surface area (TPSA) is 79.9 Å². The average molecular weight is 562 g/mol. The van der Waals surface area contributed by atoms with Crippen LogP contribution in [0.3, 0.4) is 0 Å². The number of ether oxygens (including phenoxy) is 2. The smallest absolute Gasteiger partial charge is 0.407 e. The standard InChI is InChI=1S/C30H38F3N3O4/c1-28(2,3)40-27(38)34-18-21-19-36(16-17-39-21)15-9-8-14-29(26(37)35-20-30(31,32)33)24-12-6-4-10-22(24)23-11-5-7-13-25(23)29/h4-7,10-13,21H,8-9,14-20H2,1-3H3,(H,34,38)(H,35,37). The predicted octanol–water partition coefficient (Wildman–Crippen LogP) is 5.03. The van der Waals surface area contributed by atoms with Crippen LogP contribution in [0.1, 0.15) is 51.2 Å². The Labute approximate surface area is 233 Å². The summed E-state index contributed by atoms with van der Waals surface area (Å²) < 4.78 is 50.3. The third-order valence-corrected chi connectivity index (χ3v) is 7.27. The van der Waals surface area contributed by atoms with Crippen molar-refractivity contribution in [1.29, 1.82) is 0 Å². The van der Waals surface area contributed by atoms with E-state index in [0.29, 0.717) is 32.5 Å². The van der Waals surface area contributed by atoms with Crippen molar-refractivity contribution >= 4 is 12.0 Å². The normalized spacial score (nSPS) is 18.5. The van der Waals surface area contributed by atoms with Gasteiger partial charge in [-0.2, -0.15) is 13.2 Å². The molecule has 0 aromatic heterocycles. The van der Waals surface area contributed by atoms with Crippen LogP contribution in [-0.2, 0) is 19.7 Å². The Kier molecular flexibility index (Phi) is 9.09. The Hall–Kier alpha value is -3.11. The molecule has 0 saturated carbocycles. The lowest BCUT2D eigenvalue weighted by atomic mass is 9.73. The highest BCUT2D eigenvalue weighted by molar-refractivity contribution is 6.00. The largest absolute Gasteiger partial charge is 0.444 e. The minimum absolute atomic E-state index is 0.172. The van der Waals surface area contributed by atoms with E-state index in [2.05, 4.69) is 15.5 Å². The van der Waals surface area contributed by atoms with E-state index in [-0.39, 0.29) is 6.10 Å². The van der Waals surface area contributed by atoms with Crippen LogP contribution in [0.4, 0.5) is 18.0 Å². The fourth-order valence-electron chi connectivity index (χ4n) is 5.63. The highest BCUT2D eigenvalue weighted by atomic mass is 19.4. The Morgan fingerprint density at radius 1 is 1.00 bits per heavy atom. The van der Waals surface area contributed by atoms with Crippen LogP contribution in [-0.4, -0.2) is 74.1 Å². The fourth-order valence-corrected chi connectivity index (χ4v) is 5.63. The zero-order valence-corrected chi connectivity index (χ0v) is 23.3. The van der Waals surface area contributed by atoms with Crippen LogP contribution in [0.5, 0.6) is 0 Å². The number of carbonyl (C=O) groups excluding carboxylic acids is 2. The van der Waals surface area contributed by atoms with E-state index >= 15 is 0 Å². The molecule has 2 aromatic rings. The summed E-state index contributed by atoms with van der Waals surface area (Å²) in [6, 6.07) is 15.0. The third kappa shape index (κ3) is 7.14. The van der Waals surface area contributed by atoms with Crippen LogP contribution in [0.15, 0.2) is 48.5 Å². The van der Waals surface area contributed by atoms with Crippen molar-refractivity contribution in [3.63, 3.8) is 0 Å². The molecule has 7 nitrogen and oxygen atoms in total. The number of fused-ring (bicyclic) bond motifs is 3. The maximum absolute atomic E-state index is 13.6. The Morgan fingerprint density at radius 3 is 2.23 bits per heavy atom. The highest BCUT2D eigenvalue weighted by Gasteiger charge is 2.49. The molecule has 0 spiro atoms. The van der Waals surface area contributed by atoms with E-state index < -0.39 is 35.7 Å². The van der Waals surface area contributed by atoms with Crippen LogP contribution in [0.25, 0.3) is 11.1 Å². The number of halogens is 3. The lowest BCUT2D eigenvalue weighted by Crippen LogP contribution is -2.48. The van der Waals surface area contributed by atoms with Crippen molar-refractivity contribution in [3.8, 4) is 11.1 Å². The van der Waals surface area contributed by atoms with Gasteiger partial charge in [0.2, 0.25) is 5.91 Å². The molecule has 10 heteroatoms. The number of carbonyl (C=O) groups is 2. The summed E-state index contributed by atoms with van der Waals surface area (Å²) in [6.07, 6.45) is -3.38. The van der Waals surface area contributed by atoms with E-state index in [0.717, 1.165) is 41.8 Å². The molecule has 1 aliphatic carbocycles. The molecule has 2 N–H and O–H groups in total. The van der Waals surface area contributed by atoms with E-state index in [9.17, 15) is 22.8 Å². The second-order valence-electron chi connectivity index (χ2n) is 11.4. The monoisotopic (exact) mass is 561 g/mol. The van der Waals surface area contributed by atoms with Gasteiger partial charge < -0.3 is 20.1 Å². The van der Waals surface area contributed by atoms with Crippen LogP contribution in [0, 0.1) is 0 Å². The first-order valence-corrected chi connectivity index (χ1v) is 13.7. The van der Waals surface area contributed by atoms with Crippen molar-refractivity contribution in [2.24, 2.45) is 0 Å². The highest BCUT2D eigenvalue weighted by Crippen LogP contribution is 2.51. The molecule has 1 fully saturated rings. The molecule has 1 aliphatic heterocycles. The molecule has 4 rings (SSSR count). The van der Waals surface area contributed by atoms with E-state index in [4.69, 9.17) is 9.47 Å². The molecule has 2 amide bonds. The number of rotatable bonds is 9. The second-order valence-corrected chi connectivity index (χ2v) is 11.4. The van der Waals surface area contributed by atoms with Gasteiger partial charge >= 0.3 is 12.3 Å². The minimum atomic E-state index is -4.50. The lowest BCUT2D eigenvalue weighted by Gasteiger charge is -2.34. The number of alkyl carbamates (subject to hydrolysis) is 1. The SMILES string of the molecule is CC(C)(C)OC(=O)NCC1CN(CCCCC2(C(=O)NCC(F)(F)F)c3ccccc3-c3ccccc32)CCO1. The average Bonchev–Trinajstić information content (AvgIpc) is 3.18. The van der Waals surface area contributed by atoms with Crippen molar-refractivity contribution < 1.29 is 32.2 Å². The molecule has 2 aliphatic rings. The molecular weight excluding hydrogens is 523 g/mol. The summed E-state index contributed by atoms with van der Waals surface area (Å²) in [4.78, 5) is 27.8. The van der Waals surface area contributed by atoms with Gasteiger partial charge in [0, 0.05) is 19.6 Å². The van der Waals surface area contributed by atoms with Crippen LogP contribution >= 0.6 is 0 Å². The Balaban J connectivity index is 1.40. The van der Waals surface area contributed by atoms with E-state index in [1.54, 1.807) is 20.8 Å². The van der Waals surface area contributed by atoms with Gasteiger partial charge in [0.1, 0.15) is 17.6 Å². The number of nitrogens with zero attached hydrogens (tertiary/aromatic N) is 1. The number of unbranched alkanes of at least 4 members (excludes halogenated alkanes) is 1. The molecular formula is C30H38F3N3O4. The van der Waals surface area contributed by atoms with Gasteiger partial charge in [-0.05, 0) is 62.4 Å². The van der Waals surface area contributed by atoms with E-state index in [1.165, 1.54) is 0 Å². The van der Waals surface area contributed by atoms with Gasteiger partial charge in [0.25, 0.3) is 0 Å². The number of hydrogen-bond acceptors (Lipinski definition) is 5. The molecule has 1 saturated heterocycles. The lowest BCUT2D eigenvalue weighted by molar-refractivity contribution is -0.141. The Morgan fingerprint density at radius 2 is 1.62 bits per heavy atom. The number of benzene rings is 2. The van der Waals surface area contributed by atoms with Gasteiger partial charge in [-0.15, -0.1) is 0 Å². The summed E-state index contributed by atoms with van der Waals surface area (Å²) in [7, 11) is 0. The molecule has 1 unspecified atom stereocenters. The number of nitrogens with one attached hydrogen (secondary N) is 2. The second kappa shape index (κ2) is 12.2. The molecule has 1 heterocycles.